The molecule has 1 aromatic heterocycles. The Balaban J connectivity index is 1.79. The number of nitrogens with one attached hydrogen (secondary N) is 1. The highest BCUT2D eigenvalue weighted by atomic mass is 16.5. The lowest BCUT2D eigenvalue weighted by Crippen LogP contribution is -2.55. The molecule has 1 aromatic rings. The van der Waals surface area contributed by atoms with Crippen LogP contribution in [-0.4, -0.2) is 59.0 Å². The van der Waals surface area contributed by atoms with Gasteiger partial charge in [-0.3, -0.25) is 9.48 Å². The number of carbonyl (C=O) groups excluding carboxylic acids is 1. The molecule has 4 atom stereocenters. The van der Waals surface area contributed by atoms with E-state index in [9.17, 15) is 4.79 Å². The number of rotatable bonds is 2. The van der Waals surface area contributed by atoms with E-state index in [-0.39, 0.29) is 29.8 Å². The second kappa shape index (κ2) is 5.77. The second-order valence-electron chi connectivity index (χ2n) is 6.30. The minimum atomic E-state index is -0.00259. The molecule has 6 heteroatoms. The van der Waals surface area contributed by atoms with Crippen LogP contribution in [0.1, 0.15) is 25.3 Å². The van der Waals surface area contributed by atoms with Crippen LogP contribution in [-0.2, 0) is 16.6 Å². The van der Waals surface area contributed by atoms with Gasteiger partial charge in [0.15, 0.2) is 0 Å². The lowest BCUT2D eigenvalue weighted by Gasteiger charge is -2.40. The topological polar surface area (TPSA) is 59.4 Å². The lowest BCUT2D eigenvalue weighted by atomic mass is 9.89. The summed E-state index contributed by atoms with van der Waals surface area (Å²) in [7, 11) is 1.91. The maximum absolute atomic E-state index is 13.0. The standard InChI is InChI=1S/C15H24N4O2/c1-10-8-21-9-11(2)19(10)15(20)14-6-16-5-13(14)12-4-17-18(3)7-12/h4,7,10-11,13-14,16H,5-6,8-9H2,1-3H3/t10?,11?,13-,14+/m1/s1. The van der Waals surface area contributed by atoms with E-state index in [1.165, 1.54) is 0 Å². The monoisotopic (exact) mass is 292 g/mol. The van der Waals surface area contributed by atoms with Gasteiger partial charge >= 0.3 is 0 Å². The van der Waals surface area contributed by atoms with Gasteiger partial charge in [-0.05, 0) is 19.4 Å². The molecule has 0 saturated carbocycles. The Hall–Kier alpha value is -1.40. The highest BCUT2D eigenvalue weighted by Gasteiger charge is 2.40. The summed E-state index contributed by atoms with van der Waals surface area (Å²) >= 11 is 0. The maximum Gasteiger partial charge on any atom is 0.228 e. The number of hydrogen-bond acceptors (Lipinski definition) is 4. The maximum atomic E-state index is 13.0. The molecule has 0 bridgehead atoms. The Morgan fingerprint density at radius 2 is 2.05 bits per heavy atom. The number of nitrogens with zero attached hydrogens (tertiary/aromatic N) is 3. The number of aromatic nitrogens is 2. The molecule has 6 nitrogen and oxygen atoms in total. The van der Waals surface area contributed by atoms with Gasteiger partial charge < -0.3 is 15.0 Å². The van der Waals surface area contributed by atoms with Crippen LogP contribution in [0.3, 0.4) is 0 Å². The quantitative estimate of drug-likeness (QED) is 0.855. The summed E-state index contributed by atoms with van der Waals surface area (Å²) in [4.78, 5) is 15.0. The van der Waals surface area contributed by atoms with Crippen LogP contribution in [0.2, 0.25) is 0 Å². The second-order valence-corrected chi connectivity index (χ2v) is 6.30. The molecule has 116 valence electrons. The molecule has 2 aliphatic rings. The molecule has 2 aliphatic heterocycles. The Labute approximate surface area is 125 Å². The number of amides is 1. The molecule has 0 radical (unpaired) electrons. The summed E-state index contributed by atoms with van der Waals surface area (Å²) in [5.74, 6) is 0.461. The third kappa shape index (κ3) is 2.70. The highest BCUT2D eigenvalue weighted by Crippen LogP contribution is 2.31. The van der Waals surface area contributed by atoms with E-state index in [4.69, 9.17) is 4.74 Å². The van der Waals surface area contributed by atoms with Crippen molar-refractivity contribution in [3.63, 3.8) is 0 Å². The van der Waals surface area contributed by atoms with E-state index in [1.807, 2.05) is 24.3 Å². The van der Waals surface area contributed by atoms with Gasteiger partial charge in [0.25, 0.3) is 0 Å². The summed E-state index contributed by atoms with van der Waals surface area (Å²) in [5.41, 5.74) is 1.15. The van der Waals surface area contributed by atoms with Crippen LogP contribution in [0, 0.1) is 5.92 Å². The summed E-state index contributed by atoms with van der Waals surface area (Å²) in [6.07, 6.45) is 3.90. The van der Waals surface area contributed by atoms with Crippen LogP contribution in [0.25, 0.3) is 0 Å². The van der Waals surface area contributed by atoms with Crippen molar-refractivity contribution in [2.75, 3.05) is 26.3 Å². The van der Waals surface area contributed by atoms with Gasteiger partial charge in [-0.1, -0.05) is 0 Å². The van der Waals surface area contributed by atoms with Gasteiger partial charge in [-0.25, -0.2) is 0 Å². The molecule has 0 spiro atoms. The fourth-order valence-electron chi connectivity index (χ4n) is 3.55. The molecule has 3 heterocycles. The number of hydrogen-bond donors (Lipinski definition) is 1. The number of morpholine rings is 1. The molecule has 2 saturated heterocycles. The average molecular weight is 292 g/mol. The number of ether oxygens (including phenoxy) is 1. The summed E-state index contributed by atoms with van der Waals surface area (Å²) in [5, 5.41) is 7.61. The van der Waals surface area contributed by atoms with E-state index in [2.05, 4.69) is 24.3 Å². The Morgan fingerprint density at radius 1 is 1.33 bits per heavy atom. The largest absolute Gasteiger partial charge is 0.377 e. The lowest BCUT2D eigenvalue weighted by molar-refractivity contribution is -0.148. The van der Waals surface area contributed by atoms with Crippen molar-refractivity contribution in [3.05, 3.63) is 18.0 Å². The van der Waals surface area contributed by atoms with Crippen molar-refractivity contribution in [1.29, 1.82) is 0 Å². The molecule has 2 unspecified atom stereocenters. The minimum absolute atomic E-state index is 0.00259. The van der Waals surface area contributed by atoms with E-state index >= 15 is 0 Å². The number of aryl methyl sites for hydroxylation is 1. The molecule has 0 aromatic carbocycles. The smallest absolute Gasteiger partial charge is 0.228 e. The van der Waals surface area contributed by atoms with Gasteiger partial charge in [0.1, 0.15) is 0 Å². The fraction of sp³-hybridized carbons (Fsp3) is 0.733. The molecular formula is C15H24N4O2. The van der Waals surface area contributed by atoms with Gasteiger partial charge in [-0.15, -0.1) is 0 Å². The molecular weight excluding hydrogens is 268 g/mol. The van der Waals surface area contributed by atoms with Crippen molar-refractivity contribution in [3.8, 4) is 0 Å². The van der Waals surface area contributed by atoms with Crippen LogP contribution in [0.5, 0.6) is 0 Å². The molecule has 21 heavy (non-hydrogen) atoms. The predicted molar refractivity (Wildman–Crippen MR) is 78.9 cm³/mol. The molecule has 1 amide bonds. The van der Waals surface area contributed by atoms with Crippen molar-refractivity contribution in [1.82, 2.24) is 20.0 Å². The zero-order chi connectivity index (χ0) is 15.0. The van der Waals surface area contributed by atoms with E-state index in [1.54, 1.807) is 4.68 Å². The minimum Gasteiger partial charge on any atom is -0.377 e. The Kier molecular flexibility index (Phi) is 3.99. The average Bonchev–Trinajstić information content (AvgIpc) is 3.06. The third-order valence-corrected chi connectivity index (χ3v) is 4.61. The van der Waals surface area contributed by atoms with Crippen molar-refractivity contribution >= 4 is 5.91 Å². The molecule has 0 aliphatic carbocycles. The zero-order valence-electron chi connectivity index (χ0n) is 13.0. The normalized spacial score (nSPS) is 33.4. The van der Waals surface area contributed by atoms with E-state index in [0.717, 1.165) is 18.7 Å². The fourth-order valence-corrected chi connectivity index (χ4v) is 3.55. The van der Waals surface area contributed by atoms with Gasteiger partial charge in [0.05, 0.1) is 37.4 Å². The number of carbonyl (C=O) groups is 1. The van der Waals surface area contributed by atoms with Crippen molar-refractivity contribution in [2.24, 2.45) is 13.0 Å². The first-order valence-corrected chi connectivity index (χ1v) is 7.67. The predicted octanol–water partition coefficient (Wildman–Crippen LogP) is 0.359. The SMILES string of the molecule is CC1COCC(C)N1C(=O)[C@H]1CNC[C@@H]1c1cnn(C)c1. The highest BCUT2D eigenvalue weighted by molar-refractivity contribution is 5.81. The first-order chi connectivity index (χ1) is 10.1. The van der Waals surface area contributed by atoms with Gasteiger partial charge in [-0.2, -0.15) is 5.10 Å². The molecule has 1 N–H and O–H groups in total. The molecule has 3 rings (SSSR count). The molecule has 2 fully saturated rings. The summed E-state index contributed by atoms with van der Waals surface area (Å²) in [6, 6.07) is 0.299. The first kappa shape index (κ1) is 14.5. The summed E-state index contributed by atoms with van der Waals surface area (Å²) in [6.45, 7) is 6.98. The zero-order valence-corrected chi connectivity index (χ0v) is 13.0. The Bertz CT molecular complexity index is 506. The van der Waals surface area contributed by atoms with E-state index in [0.29, 0.717) is 13.2 Å². The first-order valence-electron chi connectivity index (χ1n) is 7.67. The van der Waals surface area contributed by atoms with Crippen LogP contribution >= 0.6 is 0 Å². The summed E-state index contributed by atoms with van der Waals surface area (Å²) < 4.78 is 7.33. The van der Waals surface area contributed by atoms with Crippen LogP contribution in [0.15, 0.2) is 12.4 Å². The Morgan fingerprint density at radius 3 is 2.67 bits per heavy atom. The van der Waals surface area contributed by atoms with Gasteiger partial charge in [0, 0.05) is 32.3 Å². The van der Waals surface area contributed by atoms with Crippen molar-refractivity contribution in [2.45, 2.75) is 31.8 Å². The third-order valence-electron chi connectivity index (χ3n) is 4.61. The van der Waals surface area contributed by atoms with Gasteiger partial charge in [0.2, 0.25) is 5.91 Å². The van der Waals surface area contributed by atoms with Crippen molar-refractivity contribution < 1.29 is 9.53 Å². The van der Waals surface area contributed by atoms with Crippen LogP contribution in [0.4, 0.5) is 0 Å². The van der Waals surface area contributed by atoms with E-state index < -0.39 is 0 Å². The van der Waals surface area contributed by atoms with Crippen LogP contribution < -0.4 is 5.32 Å².